The fourth-order valence-corrected chi connectivity index (χ4v) is 2.36. The zero-order valence-electron chi connectivity index (χ0n) is 14.4. The summed E-state index contributed by atoms with van der Waals surface area (Å²) >= 11 is 0. The smallest absolute Gasteiger partial charge is 0.305 e. The van der Waals surface area contributed by atoms with Gasteiger partial charge in [0.2, 0.25) is 0 Å². The molecule has 0 aromatic heterocycles. The highest BCUT2D eigenvalue weighted by Crippen LogP contribution is 2.11. The topological polar surface area (TPSA) is 63.6 Å². The van der Waals surface area contributed by atoms with Crippen LogP contribution in [0.25, 0.3) is 0 Å². The van der Waals surface area contributed by atoms with Gasteiger partial charge >= 0.3 is 11.9 Å². The summed E-state index contributed by atoms with van der Waals surface area (Å²) < 4.78 is 5.20. The molecule has 0 atom stereocenters. The van der Waals surface area contributed by atoms with E-state index in [9.17, 15) is 9.59 Å². The summed E-state index contributed by atoms with van der Waals surface area (Å²) in [6.07, 6.45) is 11.3. The van der Waals surface area contributed by atoms with E-state index in [0.29, 0.717) is 25.4 Å². The molecule has 0 aliphatic heterocycles. The Morgan fingerprint density at radius 3 is 1.82 bits per heavy atom. The second-order valence-corrected chi connectivity index (χ2v) is 6.48. The number of esters is 1. The molecule has 22 heavy (non-hydrogen) atoms. The summed E-state index contributed by atoms with van der Waals surface area (Å²) in [4.78, 5) is 21.8. The van der Waals surface area contributed by atoms with Crippen LogP contribution >= 0.6 is 0 Å². The quantitative estimate of drug-likeness (QED) is 0.343. The molecule has 130 valence electrons. The van der Waals surface area contributed by atoms with E-state index in [-0.39, 0.29) is 5.97 Å². The van der Waals surface area contributed by atoms with Gasteiger partial charge in [-0.2, -0.15) is 0 Å². The molecule has 1 N–H and O–H groups in total. The van der Waals surface area contributed by atoms with Crippen LogP contribution < -0.4 is 0 Å². The maximum absolute atomic E-state index is 11.5. The van der Waals surface area contributed by atoms with Crippen molar-refractivity contribution >= 4 is 11.9 Å². The molecular formula is C18H34O4. The standard InChI is InChI=1S/C18H34O4/c1-16(2)12-11-15-22-18(21)14-10-8-6-4-3-5-7-9-13-17(19)20/h16H,3-15H2,1-2H3,(H,19,20). The van der Waals surface area contributed by atoms with Crippen molar-refractivity contribution in [2.75, 3.05) is 6.61 Å². The number of aliphatic carboxylic acids is 1. The minimum absolute atomic E-state index is 0.0579. The monoisotopic (exact) mass is 314 g/mol. The average Bonchev–Trinajstić information content (AvgIpc) is 2.45. The van der Waals surface area contributed by atoms with Crippen molar-refractivity contribution in [3.05, 3.63) is 0 Å². The zero-order valence-corrected chi connectivity index (χ0v) is 14.4. The molecule has 0 unspecified atom stereocenters. The predicted molar refractivity (Wildman–Crippen MR) is 88.8 cm³/mol. The lowest BCUT2D eigenvalue weighted by molar-refractivity contribution is -0.144. The van der Waals surface area contributed by atoms with Crippen molar-refractivity contribution in [1.82, 2.24) is 0 Å². The van der Waals surface area contributed by atoms with E-state index in [0.717, 1.165) is 51.4 Å². The summed E-state index contributed by atoms with van der Waals surface area (Å²) in [5.41, 5.74) is 0. The molecule has 0 saturated heterocycles. The van der Waals surface area contributed by atoms with E-state index >= 15 is 0 Å². The van der Waals surface area contributed by atoms with Crippen molar-refractivity contribution in [1.29, 1.82) is 0 Å². The van der Waals surface area contributed by atoms with E-state index < -0.39 is 5.97 Å². The van der Waals surface area contributed by atoms with Gasteiger partial charge in [-0.3, -0.25) is 9.59 Å². The zero-order chi connectivity index (χ0) is 16.6. The number of hydrogen-bond acceptors (Lipinski definition) is 3. The van der Waals surface area contributed by atoms with Gasteiger partial charge < -0.3 is 9.84 Å². The largest absolute Gasteiger partial charge is 0.481 e. The first kappa shape index (κ1) is 20.9. The number of ether oxygens (including phenoxy) is 1. The summed E-state index contributed by atoms with van der Waals surface area (Å²) in [7, 11) is 0. The van der Waals surface area contributed by atoms with Crippen LogP contribution in [0.5, 0.6) is 0 Å². The fourth-order valence-electron chi connectivity index (χ4n) is 2.36. The third-order valence-corrected chi connectivity index (χ3v) is 3.71. The minimum Gasteiger partial charge on any atom is -0.481 e. The first-order valence-electron chi connectivity index (χ1n) is 8.89. The number of hydrogen-bond donors (Lipinski definition) is 1. The Morgan fingerprint density at radius 2 is 1.32 bits per heavy atom. The summed E-state index contributed by atoms with van der Waals surface area (Å²) in [6.45, 7) is 4.91. The first-order chi connectivity index (χ1) is 10.5. The number of unbranched alkanes of at least 4 members (excludes halogenated alkanes) is 7. The van der Waals surface area contributed by atoms with E-state index in [4.69, 9.17) is 9.84 Å². The molecule has 0 aliphatic carbocycles. The number of rotatable bonds is 15. The van der Waals surface area contributed by atoms with Crippen molar-refractivity contribution in [2.24, 2.45) is 5.92 Å². The van der Waals surface area contributed by atoms with Crippen LogP contribution in [0.2, 0.25) is 0 Å². The van der Waals surface area contributed by atoms with Gasteiger partial charge in [0, 0.05) is 12.8 Å². The Labute approximate surface area is 135 Å². The van der Waals surface area contributed by atoms with Gasteiger partial charge in [-0.1, -0.05) is 52.4 Å². The third kappa shape index (κ3) is 17.0. The van der Waals surface area contributed by atoms with Crippen molar-refractivity contribution in [2.45, 2.75) is 90.9 Å². The van der Waals surface area contributed by atoms with E-state index in [1.54, 1.807) is 0 Å². The van der Waals surface area contributed by atoms with Gasteiger partial charge in [0.25, 0.3) is 0 Å². The van der Waals surface area contributed by atoms with Gasteiger partial charge in [-0.25, -0.2) is 0 Å². The Bertz CT molecular complexity index is 287. The van der Waals surface area contributed by atoms with Gasteiger partial charge in [0.1, 0.15) is 0 Å². The lowest BCUT2D eigenvalue weighted by atomic mass is 10.1. The van der Waals surface area contributed by atoms with Crippen LogP contribution in [0.4, 0.5) is 0 Å². The maximum Gasteiger partial charge on any atom is 0.305 e. The molecule has 0 radical (unpaired) electrons. The number of carboxylic acids is 1. The molecule has 0 aromatic carbocycles. The molecule has 0 saturated carbocycles. The van der Waals surface area contributed by atoms with E-state index in [1.165, 1.54) is 12.8 Å². The first-order valence-corrected chi connectivity index (χ1v) is 8.89. The van der Waals surface area contributed by atoms with Crippen LogP contribution in [0.1, 0.15) is 90.9 Å². The Hall–Kier alpha value is -1.06. The summed E-state index contributed by atoms with van der Waals surface area (Å²) in [5, 5.41) is 8.51. The highest BCUT2D eigenvalue weighted by atomic mass is 16.5. The van der Waals surface area contributed by atoms with Crippen LogP contribution in [0.3, 0.4) is 0 Å². The lowest BCUT2D eigenvalue weighted by Crippen LogP contribution is -2.06. The van der Waals surface area contributed by atoms with Gasteiger partial charge in [0.05, 0.1) is 6.61 Å². The lowest BCUT2D eigenvalue weighted by Gasteiger charge is -2.06. The minimum atomic E-state index is -0.698. The average molecular weight is 314 g/mol. The van der Waals surface area contributed by atoms with Crippen LogP contribution in [-0.4, -0.2) is 23.7 Å². The summed E-state index contributed by atoms with van der Waals surface area (Å²) in [6, 6.07) is 0. The van der Waals surface area contributed by atoms with Gasteiger partial charge in [-0.15, -0.1) is 0 Å². The SMILES string of the molecule is CC(C)CCCOC(=O)CCCCCCCCCCC(=O)O. The molecular weight excluding hydrogens is 280 g/mol. The normalized spacial score (nSPS) is 10.9. The van der Waals surface area contributed by atoms with Crippen molar-refractivity contribution < 1.29 is 19.4 Å². The molecule has 0 amide bonds. The maximum atomic E-state index is 11.5. The van der Waals surface area contributed by atoms with Crippen LogP contribution in [-0.2, 0) is 14.3 Å². The van der Waals surface area contributed by atoms with Crippen LogP contribution in [0, 0.1) is 5.92 Å². The molecule has 0 aliphatic rings. The van der Waals surface area contributed by atoms with Crippen molar-refractivity contribution in [3.63, 3.8) is 0 Å². The summed E-state index contributed by atoms with van der Waals surface area (Å²) in [5.74, 6) is -0.0867. The van der Waals surface area contributed by atoms with Gasteiger partial charge in [-0.05, 0) is 31.6 Å². The molecule has 4 nitrogen and oxygen atoms in total. The van der Waals surface area contributed by atoms with E-state index in [1.807, 2.05) is 0 Å². The fraction of sp³-hybridized carbons (Fsp3) is 0.889. The third-order valence-electron chi connectivity index (χ3n) is 3.71. The number of carbonyl (C=O) groups is 2. The molecule has 0 spiro atoms. The van der Waals surface area contributed by atoms with Crippen LogP contribution in [0.15, 0.2) is 0 Å². The molecule has 0 fully saturated rings. The Kier molecular flexibility index (Phi) is 14.1. The molecule has 0 bridgehead atoms. The predicted octanol–water partition coefficient (Wildman–Crippen LogP) is 4.95. The van der Waals surface area contributed by atoms with Gasteiger partial charge in [0.15, 0.2) is 0 Å². The molecule has 0 aromatic rings. The highest BCUT2D eigenvalue weighted by Gasteiger charge is 2.03. The second kappa shape index (κ2) is 14.9. The molecule has 0 heterocycles. The number of carboxylic acid groups (broad SMARTS) is 1. The Balaban J connectivity index is 3.18. The number of carbonyl (C=O) groups excluding carboxylic acids is 1. The second-order valence-electron chi connectivity index (χ2n) is 6.48. The molecule has 0 rings (SSSR count). The van der Waals surface area contributed by atoms with Crippen molar-refractivity contribution in [3.8, 4) is 0 Å². The highest BCUT2D eigenvalue weighted by molar-refractivity contribution is 5.69. The van der Waals surface area contributed by atoms with E-state index in [2.05, 4.69) is 13.8 Å². The molecule has 4 heteroatoms. The Morgan fingerprint density at radius 1 is 0.818 bits per heavy atom.